The van der Waals surface area contributed by atoms with Crippen molar-refractivity contribution in [2.45, 2.75) is 6.54 Å². The van der Waals surface area contributed by atoms with Crippen LogP contribution in [0.2, 0.25) is 0 Å². The van der Waals surface area contributed by atoms with Crippen LogP contribution in [0.1, 0.15) is 0 Å². The van der Waals surface area contributed by atoms with E-state index in [1.807, 2.05) is 0 Å². The molecule has 1 amide bonds. The number of carbonyl (C=O) groups excluding carboxylic acids is 1. The Kier molecular flexibility index (Phi) is 3.25. The Morgan fingerprint density at radius 3 is 3.12 bits per heavy atom. The molecule has 2 heterocycles. The number of anilines is 1. The molecule has 82 valence electrons. The third-order valence-electron chi connectivity index (χ3n) is 1.81. The highest BCUT2D eigenvalue weighted by Gasteiger charge is 2.06. The van der Waals surface area contributed by atoms with E-state index in [2.05, 4.69) is 36.3 Å². The largest absolute Gasteiger partial charge is 0.322 e. The first kappa shape index (κ1) is 10.7. The van der Waals surface area contributed by atoms with Crippen LogP contribution in [0.4, 0.5) is 5.69 Å². The van der Waals surface area contributed by atoms with Gasteiger partial charge in [0.2, 0.25) is 5.91 Å². The molecule has 0 aliphatic carbocycles. The summed E-state index contributed by atoms with van der Waals surface area (Å²) in [5.74, 6) is -0.181. The second-order valence-electron chi connectivity index (χ2n) is 2.98. The molecule has 0 saturated heterocycles. The van der Waals surface area contributed by atoms with E-state index in [-0.39, 0.29) is 12.5 Å². The summed E-state index contributed by atoms with van der Waals surface area (Å²) in [4.78, 5) is 19.3. The van der Waals surface area contributed by atoms with Crippen molar-refractivity contribution in [1.82, 2.24) is 19.7 Å². The SMILES string of the molecule is O=C(Cn1cncn1)Nc1cccnc1Br. The highest BCUT2D eigenvalue weighted by molar-refractivity contribution is 9.10. The van der Waals surface area contributed by atoms with Gasteiger partial charge >= 0.3 is 0 Å². The molecule has 0 atom stereocenters. The second-order valence-corrected chi connectivity index (χ2v) is 3.73. The Morgan fingerprint density at radius 2 is 2.44 bits per heavy atom. The van der Waals surface area contributed by atoms with Gasteiger partial charge in [0.25, 0.3) is 0 Å². The zero-order valence-electron chi connectivity index (χ0n) is 8.17. The highest BCUT2D eigenvalue weighted by atomic mass is 79.9. The molecule has 0 saturated carbocycles. The second kappa shape index (κ2) is 4.84. The summed E-state index contributed by atoms with van der Waals surface area (Å²) in [5, 5.41) is 6.55. The van der Waals surface area contributed by atoms with Gasteiger partial charge in [0.1, 0.15) is 23.8 Å². The molecule has 16 heavy (non-hydrogen) atoms. The number of amides is 1. The lowest BCUT2D eigenvalue weighted by Crippen LogP contribution is -2.19. The number of rotatable bonds is 3. The molecular weight excluding hydrogens is 274 g/mol. The monoisotopic (exact) mass is 281 g/mol. The third kappa shape index (κ3) is 2.63. The molecule has 0 unspecified atom stereocenters. The standard InChI is InChI=1S/C9H8BrN5O/c10-9-7(2-1-3-12-9)14-8(16)4-15-6-11-5-13-15/h1-3,5-6H,4H2,(H,14,16). The minimum atomic E-state index is -0.181. The van der Waals surface area contributed by atoms with Crippen LogP contribution in [-0.4, -0.2) is 25.7 Å². The van der Waals surface area contributed by atoms with E-state index in [1.165, 1.54) is 17.3 Å². The van der Waals surface area contributed by atoms with Crippen molar-refractivity contribution in [2.75, 3.05) is 5.32 Å². The fraction of sp³-hybridized carbons (Fsp3) is 0.111. The number of nitrogens with one attached hydrogen (secondary N) is 1. The van der Waals surface area contributed by atoms with Crippen molar-refractivity contribution < 1.29 is 4.79 Å². The number of aromatic nitrogens is 4. The molecule has 2 aromatic rings. The fourth-order valence-electron chi connectivity index (χ4n) is 1.13. The summed E-state index contributed by atoms with van der Waals surface area (Å²) in [6, 6.07) is 3.51. The predicted octanol–water partition coefficient (Wildman–Crippen LogP) is 1.07. The van der Waals surface area contributed by atoms with Crippen LogP contribution in [0.15, 0.2) is 35.6 Å². The summed E-state index contributed by atoms with van der Waals surface area (Å²) in [6.07, 6.45) is 4.50. The topological polar surface area (TPSA) is 72.7 Å². The van der Waals surface area contributed by atoms with Crippen LogP contribution in [0.5, 0.6) is 0 Å². The third-order valence-corrected chi connectivity index (χ3v) is 2.44. The zero-order chi connectivity index (χ0) is 11.4. The van der Waals surface area contributed by atoms with Crippen molar-refractivity contribution in [3.63, 3.8) is 0 Å². The fourth-order valence-corrected chi connectivity index (χ4v) is 1.48. The zero-order valence-corrected chi connectivity index (χ0v) is 9.75. The average molecular weight is 282 g/mol. The normalized spacial score (nSPS) is 10.1. The first-order chi connectivity index (χ1) is 7.75. The predicted molar refractivity (Wildman–Crippen MR) is 60.6 cm³/mol. The van der Waals surface area contributed by atoms with Crippen molar-refractivity contribution in [2.24, 2.45) is 0 Å². The number of halogens is 1. The Labute approximate surface area is 99.8 Å². The number of pyridine rings is 1. The summed E-state index contributed by atoms with van der Waals surface area (Å²) < 4.78 is 2.04. The molecule has 0 aromatic carbocycles. The van der Waals surface area contributed by atoms with E-state index in [9.17, 15) is 4.79 Å². The summed E-state index contributed by atoms with van der Waals surface area (Å²) in [6.45, 7) is 0.126. The summed E-state index contributed by atoms with van der Waals surface area (Å²) >= 11 is 3.24. The van der Waals surface area contributed by atoms with E-state index in [0.29, 0.717) is 10.3 Å². The number of hydrogen-bond acceptors (Lipinski definition) is 4. The lowest BCUT2D eigenvalue weighted by atomic mass is 10.4. The van der Waals surface area contributed by atoms with E-state index in [4.69, 9.17) is 0 Å². The summed E-state index contributed by atoms with van der Waals surface area (Å²) in [5.41, 5.74) is 0.632. The van der Waals surface area contributed by atoms with Gasteiger partial charge in [-0.05, 0) is 28.1 Å². The average Bonchev–Trinajstić information content (AvgIpc) is 2.74. The van der Waals surface area contributed by atoms with E-state index in [1.54, 1.807) is 18.3 Å². The smallest absolute Gasteiger partial charge is 0.246 e. The van der Waals surface area contributed by atoms with Crippen molar-refractivity contribution in [1.29, 1.82) is 0 Å². The first-order valence-corrected chi connectivity index (χ1v) is 5.28. The Morgan fingerprint density at radius 1 is 1.56 bits per heavy atom. The first-order valence-electron chi connectivity index (χ1n) is 4.48. The van der Waals surface area contributed by atoms with Gasteiger partial charge in [0.15, 0.2) is 0 Å². The maximum Gasteiger partial charge on any atom is 0.246 e. The molecule has 2 aromatic heterocycles. The van der Waals surface area contributed by atoms with Gasteiger partial charge in [0.05, 0.1) is 5.69 Å². The van der Waals surface area contributed by atoms with Crippen molar-refractivity contribution in [3.8, 4) is 0 Å². The van der Waals surface area contributed by atoms with Crippen molar-refractivity contribution in [3.05, 3.63) is 35.6 Å². The number of nitrogens with zero attached hydrogens (tertiary/aromatic N) is 4. The molecule has 0 fully saturated rings. The molecule has 0 spiro atoms. The van der Waals surface area contributed by atoms with Gasteiger partial charge in [0, 0.05) is 6.20 Å². The maximum atomic E-state index is 11.6. The molecule has 0 bridgehead atoms. The van der Waals surface area contributed by atoms with E-state index in [0.717, 1.165) is 0 Å². The Bertz CT molecular complexity index is 484. The van der Waals surface area contributed by atoms with Crippen LogP contribution < -0.4 is 5.32 Å². The quantitative estimate of drug-likeness (QED) is 0.855. The summed E-state index contributed by atoms with van der Waals surface area (Å²) in [7, 11) is 0. The van der Waals surface area contributed by atoms with Crippen LogP contribution >= 0.6 is 15.9 Å². The van der Waals surface area contributed by atoms with Gasteiger partial charge in [-0.25, -0.2) is 14.6 Å². The van der Waals surface area contributed by atoms with Gasteiger partial charge in [-0.15, -0.1) is 0 Å². The van der Waals surface area contributed by atoms with Gasteiger partial charge < -0.3 is 5.32 Å². The molecule has 7 heteroatoms. The maximum absolute atomic E-state index is 11.6. The molecule has 0 radical (unpaired) electrons. The van der Waals surface area contributed by atoms with Gasteiger partial charge in [-0.1, -0.05) is 0 Å². The van der Waals surface area contributed by atoms with Crippen LogP contribution in [0, 0.1) is 0 Å². The number of hydrogen-bond donors (Lipinski definition) is 1. The molecule has 6 nitrogen and oxygen atoms in total. The minimum Gasteiger partial charge on any atom is -0.322 e. The minimum absolute atomic E-state index is 0.126. The lowest BCUT2D eigenvalue weighted by Gasteiger charge is -2.05. The molecular formula is C9H8BrN5O. The Balaban J connectivity index is 2.00. The van der Waals surface area contributed by atoms with Crippen LogP contribution in [-0.2, 0) is 11.3 Å². The molecule has 0 aliphatic rings. The van der Waals surface area contributed by atoms with E-state index < -0.39 is 0 Å². The van der Waals surface area contributed by atoms with Gasteiger partial charge in [-0.2, -0.15) is 5.10 Å². The van der Waals surface area contributed by atoms with Crippen LogP contribution in [0.3, 0.4) is 0 Å². The highest BCUT2D eigenvalue weighted by Crippen LogP contribution is 2.17. The molecule has 2 rings (SSSR count). The molecule has 0 aliphatic heterocycles. The Hall–Kier alpha value is -1.76. The lowest BCUT2D eigenvalue weighted by molar-refractivity contribution is -0.116. The number of carbonyl (C=O) groups is 1. The van der Waals surface area contributed by atoms with Gasteiger partial charge in [-0.3, -0.25) is 4.79 Å². The van der Waals surface area contributed by atoms with Crippen molar-refractivity contribution >= 4 is 27.5 Å². The van der Waals surface area contributed by atoms with Crippen LogP contribution in [0.25, 0.3) is 0 Å². The molecule has 1 N–H and O–H groups in total. The van der Waals surface area contributed by atoms with E-state index >= 15 is 0 Å².